The second-order valence-electron chi connectivity index (χ2n) is 5.99. The first-order valence-electron chi connectivity index (χ1n) is 7.74. The average Bonchev–Trinajstić information content (AvgIpc) is 2.55. The van der Waals surface area contributed by atoms with Crippen molar-refractivity contribution >= 4 is 5.91 Å². The van der Waals surface area contributed by atoms with Crippen molar-refractivity contribution in [3.05, 3.63) is 69.6 Å². The highest BCUT2D eigenvalue weighted by Gasteiger charge is 2.26. The molecule has 120 valence electrons. The maximum absolute atomic E-state index is 12.5. The minimum Gasteiger partial charge on any atom is -0.383 e. The average molecular weight is 312 g/mol. The van der Waals surface area contributed by atoms with E-state index in [1.54, 1.807) is 24.2 Å². The number of benzene rings is 1. The minimum atomic E-state index is -1.04. The van der Waals surface area contributed by atoms with Crippen LogP contribution in [0.5, 0.6) is 0 Å². The van der Waals surface area contributed by atoms with E-state index in [-0.39, 0.29) is 11.5 Å². The Morgan fingerprint density at radius 1 is 1.26 bits per heavy atom. The van der Waals surface area contributed by atoms with Gasteiger partial charge in [0.2, 0.25) is 0 Å². The Morgan fingerprint density at radius 2 is 2.00 bits per heavy atom. The second-order valence-corrected chi connectivity index (χ2v) is 5.99. The Bertz CT molecular complexity index is 768. The fourth-order valence-corrected chi connectivity index (χ4v) is 2.96. The van der Waals surface area contributed by atoms with Gasteiger partial charge < -0.3 is 14.6 Å². The number of amides is 1. The van der Waals surface area contributed by atoms with E-state index in [0.717, 1.165) is 16.7 Å². The minimum absolute atomic E-state index is 0.0346. The summed E-state index contributed by atoms with van der Waals surface area (Å²) in [5.41, 5.74) is 2.87. The van der Waals surface area contributed by atoms with Crippen LogP contribution in [0, 0.1) is 0 Å². The van der Waals surface area contributed by atoms with Crippen LogP contribution in [0.2, 0.25) is 0 Å². The summed E-state index contributed by atoms with van der Waals surface area (Å²) in [6, 6.07) is 11.1. The molecule has 1 N–H and O–H groups in total. The third-order valence-electron chi connectivity index (χ3n) is 4.29. The Balaban J connectivity index is 1.71. The lowest BCUT2D eigenvalue weighted by Crippen LogP contribution is -2.43. The van der Waals surface area contributed by atoms with Gasteiger partial charge in [-0.1, -0.05) is 30.3 Å². The van der Waals surface area contributed by atoms with Crippen LogP contribution in [0.4, 0.5) is 0 Å². The van der Waals surface area contributed by atoms with Crippen molar-refractivity contribution < 1.29 is 9.90 Å². The van der Waals surface area contributed by atoms with E-state index in [1.807, 2.05) is 30.3 Å². The van der Waals surface area contributed by atoms with Crippen LogP contribution < -0.4 is 5.56 Å². The van der Waals surface area contributed by atoms with Crippen molar-refractivity contribution in [2.75, 3.05) is 6.54 Å². The topological polar surface area (TPSA) is 62.5 Å². The molecule has 0 radical (unpaired) electrons. The first kappa shape index (κ1) is 15.5. The standard InChI is InChI=1S/C18H20N2O3/c1-19-11-15-12-20(8-7-14(15)10-17(19)22)18(23)16(21)9-13-5-3-2-4-6-13/h2-6,10-11,16,21H,7-9,12H2,1H3/t16-/m0/s1. The molecular weight excluding hydrogens is 292 g/mol. The number of rotatable bonds is 3. The molecule has 0 saturated heterocycles. The van der Waals surface area contributed by atoms with Gasteiger partial charge in [-0.25, -0.2) is 0 Å². The van der Waals surface area contributed by atoms with Crippen molar-refractivity contribution in [1.29, 1.82) is 0 Å². The lowest BCUT2D eigenvalue weighted by Gasteiger charge is -2.30. The summed E-state index contributed by atoms with van der Waals surface area (Å²) >= 11 is 0. The number of aryl methyl sites for hydroxylation is 1. The fourth-order valence-electron chi connectivity index (χ4n) is 2.96. The van der Waals surface area contributed by atoms with Gasteiger partial charge in [0, 0.05) is 38.8 Å². The first-order valence-corrected chi connectivity index (χ1v) is 7.74. The summed E-state index contributed by atoms with van der Waals surface area (Å²) in [4.78, 5) is 25.8. The normalized spacial score (nSPS) is 15.1. The van der Waals surface area contributed by atoms with E-state index in [1.165, 1.54) is 4.57 Å². The zero-order valence-electron chi connectivity index (χ0n) is 13.1. The van der Waals surface area contributed by atoms with E-state index in [4.69, 9.17) is 0 Å². The van der Waals surface area contributed by atoms with E-state index < -0.39 is 6.10 Å². The number of hydrogen-bond acceptors (Lipinski definition) is 3. The Morgan fingerprint density at radius 3 is 2.74 bits per heavy atom. The predicted molar refractivity (Wildman–Crippen MR) is 87.0 cm³/mol. The molecule has 0 unspecified atom stereocenters. The van der Waals surface area contributed by atoms with E-state index in [9.17, 15) is 14.7 Å². The third-order valence-corrected chi connectivity index (χ3v) is 4.29. The Kier molecular flexibility index (Phi) is 4.30. The van der Waals surface area contributed by atoms with Gasteiger partial charge in [-0.05, 0) is 23.1 Å². The molecule has 5 heteroatoms. The van der Waals surface area contributed by atoms with E-state index >= 15 is 0 Å². The lowest BCUT2D eigenvalue weighted by atomic mass is 10.0. The Hall–Kier alpha value is -2.40. The number of carbonyl (C=O) groups is 1. The molecule has 1 aliphatic heterocycles. The number of aliphatic hydroxyl groups is 1. The molecule has 5 nitrogen and oxygen atoms in total. The van der Waals surface area contributed by atoms with Crippen molar-refractivity contribution in [3.8, 4) is 0 Å². The molecule has 0 aliphatic carbocycles. The summed E-state index contributed by atoms with van der Waals surface area (Å²) in [6.45, 7) is 0.971. The number of aromatic nitrogens is 1. The van der Waals surface area contributed by atoms with Crippen molar-refractivity contribution in [3.63, 3.8) is 0 Å². The molecule has 2 heterocycles. The van der Waals surface area contributed by atoms with Crippen LogP contribution in [-0.4, -0.2) is 33.1 Å². The SMILES string of the molecule is Cn1cc2c(cc1=O)CCN(C(=O)[C@@H](O)Cc1ccccc1)C2. The second kappa shape index (κ2) is 6.38. The monoisotopic (exact) mass is 312 g/mol. The lowest BCUT2D eigenvalue weighted by molar-refractivity contribution is -0.141. The van der Waals surface area contributed by atoms with Gasteiger partial charge in [0.1, 0.15) is 6.10 Å². The molecule has 3 rings (SSSR count). The van der Waals surface area contributed by atoms with E-state index in [2.05, 4.69) is 0 Å². The molecule has 0 saturated carbocycles. The van der Waals surface area contributed by atoms with Gasteiger partial charge in [-0.15, -0.1) is 0 Å². The number of aliphatic hydroxyl groups excluding tert-OH is 1. The molecule has 1 aromatic carbocycles. The highest BCUT2D eigenvalue weighted by atomic mass is 16.3. The first-order chi connectivity index (χ1) is 11.0. The number of hydrogen-bond donors (Lipinski definition) is 1. The molecule has 2 aromatic rings. The summed E-state index contributed by atoms with van der Waals surface area (Å²) in [5, 5.41) is 10.2. The highest BCUT2D eigenvalue weighted by Crippen LogP contribution is 2.18. The summed E-state index contributed by atoms with van der Waals surface area (Å²) in [6.07, 6.45) is 1.71. The number of carbonyl (C=O) groups excluding carboxylic acids is 1. The molecule has 0 bridgehead atoms. The zero-order valence-corrected chi connectivity index (χ0v) is 13.1. The van der Waals surface area contributed by atoms with Gasteiger partial charge in [0.15, 0.2) is 0 Å². The van der Waals surface area contributed by atoms with Crippen LogP contribution in [0.3, 0.4) is 0 Å². The predicted octanol–water partition coefficient (Wildman–Crippen LogP) is 0.874. The molecule has 0 spiro atoms. The summed E-state index contributed by atoms with van der Waals surface area (Å²) < 4.78 is 1.52. The number of nitrogens with zero attached hydrogens (tertiary/aromatic N) is 2. The Labute approximate surface area is 134 Å². The van der Waals surface area contributed by atoms with Crippen molar-refractivity contribution in [2.45, 2.75) is 25.5 Å². The maximum atomic E-state index is 12.5. The van der Waals surface area contributed by atoms with Crippen molar-refractivity contribution in [2.24, 2.45) is 7.05 Å². The van der Waals surface area contributed by atoms with Crippen LogP contribution in [0.25, 0.3) is 0 Å². The van der Waals surface area contributed by atoms with Gasteiger partial charge in [-0.3, -0.25) is 9.59 Å². The smallest absolute Gasteiger partial charge is 0.252 e. The van der Waals surface area contributed by atoms with Gasteiger partial charge >= 0.3 is 0 Å². The molecule has 1 amide bonds. The van der Waals surface area contributed by atoms with Crippen LogP contribution >= 0.6 is 0 Å². The zero-order chi connectivity index (χ0) is 16.4. The fraction of sp³-hybridized carbons (Fsp3) is 0.333. The van der Waals surface area contributed by atoms with Crippen LogP contribution in [0.15, 0.2) is 47.4 Å². The molecule has 0 fully saturated rings. The molecule has 1 aromatic heterocycles. The van der Waals surface area contributed by atoms with Gasteiger partial charge in [-0.2, -0.15) is 0 Å². The summed E-state index contributed by atoms with van der Waals surface area (Å²) in [7, 11) is 1.70. The van der Waals surface area contributed by atoms with Crippen molar-refractivity contribution in [1.82, 2.24) is 9.47 Å². The number of fused-ring (bicyclic) bond motifs is 1. The largest absolute Gasteiger partial charge is 0.383 e. The van der Waals surface area contributed by atoms with Gasteiger partial charge in [0.25, 0.3) is 11.5 Å². The van der Waals surface area contributed by atoms with Crippen LogP contribution in [0.1, 0.15) is 16.7 Å². The van der Waals surface area contributed by atoms with Gasteiger partial charge in [0.05, 0.1) is 0 Å². The molecule has 1 aliphatic rings. The third kappa shape index (κ3) is 3.35. The summed E-state index contributed by atoms with van der Waals surface area (Å²) in [5.74, 6) is -0.256. The quantitative estimate of drug-likeness (QED) is 0.915. The maximum Gasteiger partial charge on any atom is 0.252 e. The highest BCUT2D eigenvalue weighted by molar-refractivity contribution is 5.81. The number of pyridine rings is 1. The molecule has 1 atom stereocenters. The molecular formula is C18H20N2O3. The van der Waals surface area contributed by atoms with E-state index in [0.29, 0.717) is 25.9 Å². The molecule has 23 heavy (non-hydrogen) atoms. The van der Waals surface area contributed by atoms with Crippen LogP contribution in [-0.2, 0) is 31.2 Å².